The van der Waals surface area contributed by atoms with E-state index >= 15 is 0 Å². The van der Waals surface area contributed by atoms with Gasteiger partial charge in [-0.1, -0.05) is 23.7 Å². The summed E-state index contributed by atoms with van der Waals surface area (Å²) in [5.74, 6) is 0.383. The standard InChI is InChI=1S/C14H11ClO3/c15-11-4-2-1-3-8(11)12-5-6-13(18-12)9-7-10(9)14(16)17/h1-6,9-10H,7H2,(H,16,17). The van der Waals surface area contributed by atoms with Gasteiger partial charge in [0.2, 0.25) is 0 Å². The second-order valence-electron chi connectivity index (χ2n) is 4.47. The zero-order valence-corrected chi connectivity index (χ0v) is 10.2. The molecule has 3 rings (SSSR count). The summed E-state index contributed by atoms with van der Waals surface area (Å²) in [5.41, 5.74) is 0.831. The maximum atomic E-state index is 10.8. The fourth-order valence-electron chi connectivity index (χ4n) is 2.14. The monoisotopic (exact) mass is 262 g/mol. The van der Waals surface area contributed by atoms with Crippen LogP contribution in [0.4, 0.5) is 0 Å². The van der Waals surface area contributed by atoms with Crippen LogP contribution in [-0.4, -0.2) is 11.1 Å². The quantitative estimate of drug-likeness (QED) is 0.916. The van der Waals surface area contributed by atoms with Crippen molar-refractivity contribution in [3.05, 3.63) is 47.2 Å². The van der Waals surface area contributed by atoms with Gasteiger partial charge in [0.05, 0.1) is 10.9 Å². The molecule has 1 N–H and O–H groups in total. The first kappa shape index (κ1) is 11.4. The Bertz CT molecular complexity index is 603. The highest BCUT2D eigenvalue weighted by molar-refractivity contribution is 6.33. The van der Waals surface area contributed by atoms with Crippen LogP contribution in [0, 0.1) is 5.92 Å². The zero-order valence-electron chi connectivity index (χ0n) is 9.47. The summed E-state index contributed by atoms with van der Waals surface area (Å²) < 4.78 is 5.71. The molecule has 92 valence electrons. The van der Waals surface area contributed by atoms with Crippen LogP contribution in [-0.2, 0) is 4.79 Å². The Hall–Kier alpha value is -1.74. The van der Waals surface area contributed by atoms with Gasteiger partial charge in [0, 0.05) is 11.5 Å². The van der Waals surface area contributed by atoms with Crippen LogP contribution < -0.4 is 0 Å². The maximum Gasteiger partial charge on any atom is 0.307 e. The average molecular weight is 263 g/mol. The van der Waals surface area contributed by atoms with Gasteiger partial charge in [-0.05, 0) is 30.7 Å². The summed E-state index contributed by atoms with van der Waals surface area (Å²) in [6.45, 7) is 0. The average Bonchev–Trinajstić information content (AvgIpc) is 3.02. The molecule has 1 heterocycles. The van der Waals surface area contributed by atoms with E-state index < -0.39 is 5.97 Å². The van der Waals surface area contributed by atoms with Crippen LogP contribution in [0.25, 0.3) is 11.3 Å². The van der Waals surface area contributed by atoms with Crippen molar-refractivity contribution in [3.63, 3.8) is 0 Å². The van der Waals surface area contributed by atoms with Crippen LogP contribution in [0.15, 0.2) is 40.8 Å². The van der Waals surface area contributed by atoms with Crippen molar-refractivity contribution in [2.45, 2.75) is 12.3 Å². The Balaban J connectivity index is 1.87. The number of aliphatic carboxylic acids is 1. The molecule has 0 spiro atoms. The van der Waals surface area contributed by atoms with Crippen LogP contribution in [0.1, 0.15) is 18.1 Å². The van der Waals surface area contributed by atoms with Crippen molar-refractivity contribution < 1.29 is 14.3 Å². The number of benzene rings is 1. The zero-order chi connectivity index (χ0) is 12.7. The SMILES string of the molecule is O=C(O)C1CC1c1ccc(-c2ccccc2Cl)o1. The summed E-state index contributed by atoms with van der Waals surface area (Å²) in [7, 11) is 0. The van der Waals surface area contributed by atoms with Crippen molar-refractivity contribution >= 4 is 17.6 Å². The highest BCUT2D eigenvalue weighted by Crippen LogP contribution is 2.48. The predicted molar refractivity (Wildman–Crippen MR) is 67.6 cm³/mol. The molecule has 2 unspecified atom stereocenters. The van der Waals surface area contributed by atoms with Crippen molar-refractivity contribution in [3.8, 4) is 11.3 Å². The van der Waals surface area contributed by atoms with Gasteiger partial charge in [-0.25, -0.2) is 0 Å². The van der Waals surface area contributed by atoms with E-state index in [-0.39, 0.29) is 11.8 Å². The van der Waals surface area contributed by atoms with E-state index in [1.165, 1.54) is 0 Å². The minimum atomic E-state index is -0.754. The summed E-state index contributed by atoms with van der Waals surface area (Å²) in [6.07, 6.45) is 0.658. The third-order valence-electron chi connectivity index (χ3n) is 3.24. The van der Waals surface area contributed by atoms with Gasteiger partial charge in [0.15, 0.2) is 0 Å². The predicted octanol–water partition coefficient (Wildman–Crippen LogP) is 3.79. The van der Waals surface area contributed by atoms with Gasteiger partial charge in [-0.3, -0.25) is 4.79 Å². The van der Waals surface area contributed by atoms with E-state index in [1.807, 2.05) is 30.3 Å². The molecule has 1 aliphatic carbocycles. The fourth-order valence-corrected chi connectivity index (χ4v) is 2.37. The first-order valence-corrected chi connectivity index (χ1v) is 6.12. The van der Waals surface area contributed by atoms with Crippen LogP contribution >= 0.6 is 11.6 Å². The van der Waals surface area contributed by atoms with Crippen molar-refractivity contribution in [2.75, 3.05) is 0 Å². The second-order valence-corrected chi connectivity index (χ2v) is 4.88. The first-order chi connectivity index (χ1) is 8.66. The summed E-state index contributed by atoms with van der Waals surface area (Å²) in [6, 6.07) is 11.1. The lowest BCUT2D eigenvalue weighted by Gasteiger charge is -1.99. The number of furan rings is 1. The highest BCUT2D eigenvalue weighted by atomic mass is 35.5. The highest BCUT2D eigenvalue weighted by Gasteiger charge is 2.46. The molecule has 4 heteroatoms. The Morgan fingerprint density at radius 2 is 2.06 bits per heavy atom. The number of carboxylic acid groups (broad SMARTS) is 1. The number of rotatable bonds is 3. The lowest BCUT2D eigenvalue weighted by atomic mass is 10.2. The molecule has 1 aromatic heterocycles. The smallest absolute Gasteiger partial charge is 0.307 e. The molecule has 0 bridgehead atoms. The molecule has 1 aromatic carbocycles. The molecule has 2 atom stereocenters. The lowest BCUT2D eigenvalue weighted by molar-refractivity contribution is -0.138. The van der Waals surface area contributed by atoms with Gasteiger partial charge in [0.1, 0.15) is 11.5 Å². The largest absolute Gasteiger partial charge is 0.481 e. The van der Waals surface area contributed by atoms with E-state index in [0.717, 1.165) is 11.3 Å². The number of hydrogen-bond acceptors (Lipinski definition) is 2. The van der Waals surface area contributed by atoms with E-state index in [4.69, 9.17) is 21.1 Å². The lowest BCUT2D eigenvalue weighted by Crippen LogP contribution is -1.98. The molecular weight excluding hydrogens is 252 g/mol. The van der Waals surface area contributed by atoms with Gasteiger partial charge in [-0.15, -0.1) is 0 Å². The summed E-state index contributed by atoms with van der Waals surface area (Å²) in [5, 5.41) is 9.52. The third kappa shape index (κ3) is 1.91. The molecule has 1 fully saturated rings. The Morgan fingerprint density at radius 3 is 2.72 bits per heavy atom. The summed E-state index contributed by atoms with van der Waals surface area (Å²) >= 11 is 6.09. The van der Waals surface area contributed by atoms with Crippen molar-refractivity contribution in [1.82, 2.24) is 0 Å². The molecule has 0 amide bonds. The van der Waals surface area contributed by atoms with Crippen LogP contribution in [0.3, 0.4) is 0 Å². The number of carboxylic acids is 1. The molecule has 0 aliphatic heterocycles. The van der Waals surface area contributed by atoms with Crippen LogP contribution in [0.2, 0.25) is 5.02 Å². The van der Waals surface area contributed by atoms with E-state index in [1.54, 1.807) is 6.07 Å². The van der Waals surface area contributed by atoms with Gasteiger partial charge >= 0.3 is 5.97 Å². The maximum absolute atomic E-state index is 10.8. The third-order valence-corrected chi connectivity index (χ3v) is 3.57. The van der Waals surface area contributed by atoms with E-state index in [9.17, 15) is 4.79 Å². The molecule has 1 saturated carbocycles. The van der Waals surface area contributed by atoms with E-state index in [0.29, 0.717) is 17.2 Å². The van der Waals surface area contributed by atoms with Crippen molar-refractivity contribution in [1.29, 1.82) is 0 Å². The molecular formula is C14H11ClO3. The number of halogens is 1. The molecule has 0 radical (unpaired) electrons. The molecule has 3 nitrogen and oxygen atoms in total. The normalized spacial score (nSPS) is 21.8. The Morgan fingerprint density at radius 1 is 1.28 bits per heavy atom. The van der Waals surface area contributed by atoms with Gasteiger partial charge in [0.25, 0.3) is 0 Å². The fraction of sp³-hybridized carbons (Fsp3) is 0.214. The summed E-state index contributed by atoms with van der Waals surface area (Å²) in [4.78, 5) is 10.8. The minimum absolute atomic E-state index is 0.0127. The van der Waals surface area contributed by atoms with E-state index in [2.05, 4.69) is 0 Å². The molecule has 18 heavy (non-hydrogen) atoms. The van der Waals surface area contributed by atoms with Crippen LogP contribution in [0.5, 0.6) is 0 Å². The van der Waals surface area contributed by atoms with Gasteiger partial charge in [-0.2, -0.15) is 0 Å². The molecule has 1 aliphatic rings. The Labute approximate surface area is 109 Å². The number of hydrogen-bond donors (Lipinski definition) is 1. The Kier molecular flexibility index (Phi) is 2.63. The molecule has 0 saturated heterocycles. The number of carbonyl (C=O) groups is 1. The topological polar surface area (TPSA) is 50.4 Å². The van der Waals surface area contributed by atoms with Gasteiger partial charge < -0.3 is 9.52 Å². The second kappa shape index (κ2) is 4.18. The first-order valence-electron chi connectivity index (χ1n) is 5.74. The van der Waals surface area contributed by atoms with Crippen molar-refractivity contribution in [2.24, 2.45) is 5.92 Å². The minimum Gasteiger partial charge on any atom is -0.481 e. The molecule has 2 aromatic rings.